The van der Waals surface area contributed by atoms with Gasteiger partial charge in [-0.15, -0.1) is 11.3 Å². The molecule has 0 aliphatic carbocycles. The standard InChI is InChI=1S/C15H16N4OS/c1-18(2)17-15(20)13-9-8-12(21-13)14-16-10-6-4-5-7-11(10)19(14)3/h4-9H,1-3H3,(H,17,20). The maximum atomic E-state index is 12.0. The summed E-state index contributed by atoms with van der Waals surface area (Å²) in [6.45, 7) is 0. The summed E-state index contributed by atoms with van der Waals surface area (Å²) >= 11 is 1.44. The van der Waals surface area contributed by atoms with Gasteiger partial charge in [-0.1, -0.05) is 12.1 Å². The number of nitrogens with zero attached hydrogens (tertiary/aromatic N) is 3. The highest BCUT2D eigenvalue weighted by molar-refractivity contribution is 7.17. The largest absolute Gasteiger partial charge is 0.326 e. The third-order valence-electron chi connectivity index (χ3n) is 3.16. The Morgan fingerprint density at radius 1 is 1.24 bits per heavy atom. The van der Waals surface area contributed by atoms with Crippen LogP contribution in [0.4, 0.5) is 0 Å². The number of hydrogen-bond acceptors (Lipinski definition) is 4. The van der Waals surface area contributed by atoms with Gasteiger partial charge in [0.25, 0.3) is 5.91 Å². The quantitative estimate of drug-likeness (QED) is 0.756. The van der Waals surface area contributed by atoms with Gasteiger partial charge in [-0.05, 0) is 24.3 Å². The van der Waals surface area contributed by atoms with Crippen LogP contribution in [0, 0.1) is 0 Å². The second kappa shape index (κ2) is 5.31. The van der Waals surface area contributed by atoms with Crippen molar-refractivity contribution in [3.63, 3.8) is 0 Å². The van der Waals surface area contributed by atoms with Crippen molar-refractivity contribution in [2.75, 3.05) is 14.1 Å². The first-order valence-corrected chi connectivity index (χ1v) is 7.38. The lowest BCUT2D eigenvalue weighted by molar-refractivity contribution is 0.0861. The highest BCUT2D eigenvalue weighted by atomic mass is 32.1. The minimum Gasteiger partial charge on any atom is -0.326 e. The molecule has 2 aromatic heterocycles. The zero-order valence-electron chi connectivity index (χ0n) is 12.1. The molecule has 0 unspecified atom stereocenters. The van der Waals surface area contributed by atoms with Gasteiger partial charge in [-0.25, -0.2) is 9.99 Å². The lowest BCUT2D eigenvalue weighted by Gasteiger charge is -2.09. The van der Waals surface area contributed by atoms with Crippen molar-refractivity contribution < 1.29 is 4.79 Å². The summed E-state index contributed by atoms with van der Waals surface area (Å²) in [7, 11) is 5.57. The lowest BCUT2D eigenvalue weighted by Crippen LogP contribution is -2.35. The molecule has 5 nitrogen and oxygen atoms in total. The number of rotatable bonds is 3. The fourth-order valence-corrected chi connectivity index (χ4v) is 3.13. The van der Waals surface area contributed by atoms with Gasteiger partial charge >= 0.3 is 0 Å². The number of thiophene rings is 1. The number of carbonyl (C=O) groups excluding carboxylic acids is 1. The van der Waals surface area contributed by atoms with E-state index >= 15 is 0 Å². The zero-order chi connectivity index (χ0) is 15.0. The van der Waals surface area contributed by atoms with Crippen LogP contribution in [0.25, 0.3) is 21.7 Å². The highest BCUT2D eigenvalue weighted by Gasteiger charge is 2.15. The van der Waals surface area contributed by atoms with Crippen LogP contribution >= 0.6 is 11.3 Å². The molecule has 0 aliphatic rings. The fourth-order valence-electron chi connectivity index (χ4n) is 2.20. The van der Waals surface area contributed by atoms with Crippen molar-refractivity contribution >= 4 is 28.3 Å². The van der Waals surface area contributed by atoms with Crippen molar-refractivity contribution in [3.05, 3.63) is 41.3 Å². The van der Waals surface area contributed by atoms with Gasteiger partial charge in [-0.3, -0.25) is 10.2 Å². The van der Waals surface area contributed by atoms with Gasteiger partial charge in [0.1, 0.15) is 0 Å². The molecule has 0 spiro atoms. The zero-order valence-corrected chi connectivity index (χ0v) is 12.9. The van der Waals surface area contributed by atoms with Crippen LogP contribution in [0.15, 0.2) is 36.4 Å². The molecular weight excluding hydrogens is 284 g/mol. The Hall–Kier alpha value is -2.18. The van der Waals surface area contributed by atoms with Crippen LogP contribution in [-0.2, 0) is 7.05 Å². The number of hydrogen-bond donors (Lipinski definition) is 1. The van der Waals surface area contributed by atoms with Gasteiger partial charge in [0, 0.05) is 21.1 Å². The molecule has 0 saturated heterocycles. The predicted octanol–water partition coefficient (Wildman–Crippen LogP) is 2.51. The number of hydrazine groups is 1. The molecule has 1 amide bonds. The molecule has 21 heavy (non-hydrogen) atoms. The van der Waals surface area contributed by atoms with Crippen LogP contribution in [0.5, 0.6) is 0 Å². The molecule has 3 aromatic rings. The summed E-state index contributed by atoms with van der Waals surface area (Å²) < 4.78 is 2.05. The van der Waals surface area contributed by atoms with Gasteiger partial charge < -0.3 is 4.57 Å². The normalized spacial score (nSPS) is 11.2. The van der Waals surface area contributed by atoms with Crippen molar-refractivity contribution in [3.8, 4) is 10.7 Å². The summed E-state index contributed by atoms with van der Waals surface area (Å²) in [5, 5.41) is 1.64. The van der Waals surface area contributed by atoms with Gasteiger partial charge in [-0.2, -0.15) is 0 Å². The fraction of sp³-hybridized carbons (Fsp3) is 0.200. The Labute approximate surface area is 126 Å². The van der Waals surface area contributed by atoms with E-state index in [9.17, 15) is 4.79 Å². The Morgan fingerprint density at radius 2 is 2.00 bits per heavy atom. The molecule has 108 valence electrons. The molecule has 1 N–H and O–H groups in total. The summed E-state index contributed by atoms with van der Waals surface area (Å²) in [6, 6.07) is 11.8. The molecule has 1 aromatic carbocycles. The first-order chi connectivity index (χ1) is 10.1. The number of imidazole rings is 1. The van der Waals surface area contributed by atoms with Crippen molar-refractivity contribution in [2.24, 2.45) is 7.05 Å². The van der Waals surface area contributed by atoms with E-state index in [0.29, 0.717) is 4.88 Å². The van der Waals surface area contributed by atoms with Crippen LogP contribution in [0.1, 0.15) is 9.67 Å². The number of fused-ring (bicyclic) bond motifs is 1. The molecule has 0 radical (unpaired) electrons. The Kier molecular flexibility index (Phi) is 3.48. The third-order valence-corrected chi connectivity index (χ3v) is 4.24. The van der Waals surface area contributed by atoms with Gasteiger partial charge in [0.15, 0.2) is 5.82 Å². The topological polar surface area (TPSA) is 50.2 Å². The minimum absolute atomic E-state index is 0.102. The Balaban J connectivity index is 1.98. The third kappa shape index (κ3) is 2.55. The molecule has 0 bridgehead atoms. The first-order valence-electron chi connectivity index (χ1n) is 6.56. The SMILES string of the molecule is CN(C)NC(=O)c1ccc(-c2nc3ccccc3n2C)s1. The maximum Gasteiger partial charge on any atom is 0.275 e. The van der Waals surface area contributed by atoms with E-state index < -0.39 is 0 Å². The van der Waals surface area contributed by atoms with Crippen LogP contribution in [-0.4, -0.2) is 34.6 Å². The molecular formula is C15H16N4OS. The van der Waals surface area contributed by atoms with E-state index in [4.69, 9.17) is 0 Å². The highest BCUT2D eigenvalue weighted by Crippen LogP contribution is 2.29. The van der Waals surface area contributed by atoms with E-state index in [2.05, 4.69) is 15.0 Å². The number of benzene rings is 1. The average Bonchev–Trinajstić information content (AvgIpc) is 3.04. The molecule has 6 heteroatoms. The second-order valence-electron chi connectivity index (χ2n) is 4.98. The molecule has 0 atom stereocenters. The number of aromatic nitrogens is 2. The summed E-state index contributed by atoms with van der Waals surface area (Å²) in [6.07, 6.45) is 0. The summed E-state index contributed by atoms with van der Waals surface area (Å²) in [4.78, 5) is 18.3. The lowest BCUT2D eigenvalue weighted by atomic mass is 10.3. The maximum absolute atomic E-state index is 12.0. The van der Waals surface area contributed by atoms with Crippen LogP contribution < -0.4 is 5.43 Å². The van der Waals surface area contributed by atoms with Gasteiger partial charge in [0.05, 0.1) is 20.8 Å². The molecule has 0 saturated carbocycles. The molecule has 2 heterocycles. The van der Waals surface area contributed by atoms with Crippen molar-refractivity contribution in [1.29, 1.82) is 0 Å². The van der Waals surface area contributed by atoms with E-state index in [0.717, 1.165) is 21.7 Å². The number of aryl methyl sites for hydroxylation is 1. The number of carbonyl (C=O) groups is 1. The number of amides is 1. The minimum atomic E-state index is -0.102. The van der Waals surface area contributed by atoms with Gasteiger partial charge in [0.2, 0.25) is 0 Å². The number of nitrogens with one attached hydrogen (secondary N) is 1. The van der Waals surface area contributed by atoms with Crippen LogP contribution in [0.3, 0.4) is 0 Å². The second-order valence-corrected chi connectivity index (χ2v) is 6.07. The first kappa shape index (κ1) is 13.8. The van der Waals surface area contributed by atoms with Crippen LogP contribution in [0.2, 0.25) is 0 Å². The average molecular weight is 300 g/mol. The summed E-state index contributed by atoms with van der Waals surface area (Å²) in [5.74, 6) is 0.778. The van der Waals surface area contributed by atoms with Crippen molar-refractivity contribution in [1.82, 2.24) is 20.0 Å². The van der Waals surface area contributed by atoms with Crippen molar-refractivity contribution in [2.45, 2.75) is 0 Å². The Bertz CT molecular complexity index is 803. The van der Waals surface area contributed by atoms with E-state index in [1.165, 1.54) is 11.3 Å². The van der Waals surface area contributed by atoms with E-state index in [-0.39, 0.29) is 5.91 Å². The monoisotopic (exact) mass is 300 g/mol. The molecule has 0 aliphatic heterocycles. The number of para-hydroxylation sites is 2. The smallest absolute Gasteiger partial charge is 0.275 e. The molecule has 3 rings (SSSR count). The van der Waals surface area contributed by atoms with E-state index in [1.54, 1.807) is 19.1 Å². The molecule has 0 fully saturated rings. The summed E-state index contributed by atoms with van der Waals surface area (Å²) in [5.41, 5.74) is 4.79. The predicted molar refractivity (Wildman–Crippen MR) is 85.2 cm³/mol. The Morgan fingerprint density at radius 3 is 2.71 bits per heavy atom. The van der Waals surface area contributed by atoms with E-state index in [1.807, 2.05) is 43.4 Å².